The fourth-order valence-corrected chi connectivity index (χ4v) is 3.39. The molecule has 2 heteroatoms. The van der Waals surface area contributed by atoms with Crippen molar-refractivity contribution < 1.29 is 4.74 Å². The maximum Gasteiger partial charge on any atom is 0.108 e. The summed E-state index contributed by atoms with van der Waals surface area (Å²) >= 11 is 0. The molecule has 2 aromatic carbocycles. The van der Waals surface area contributed by atoms with Gasteiger partial charge in [0.25, 0.3) is 0 Å². The van der Waals surface area contributed by atoms with Crippen LogP contribution in [-0.4, -0.2) is 19.2 Å². The highest BCUT2D eigenvalue weighted by Crippen LogP contribution is 2.25. The van der Waals surface area contributed by atoms with Gasteiger partial charge in [0.1, 0.15) is 6.10 Å². The summed E-state index contributed by atoms with van der Waals surface area (Å²) in [5, 5.41) is 3.65. The predicted molar refractivity (Wildman–Crippen MR) is 95.6 cm³/mol. The van der Waals surface area contributed by atoms with E-state index in [-0.39, 0.29) is 6.10 Å². The Morgan fingerprint density at radius 2 is 1.39 bits per heavy atom. The second-order valence-corrected chi connectivity index (χ2v) is 6.36. The van der Waals surface area contributed by atoms with Crippen molar-refractivity contribution in [3.05, 3.63) is 71.8 Å². The number of rotatable bonds is 7. The van der Waals surface area contributed by atoms with E-state index in [9.17, 15) is 0 Å². The third kappa shape index (κ3) is 4.92. The molecule has 23 heavy (non-hydrogen) atoms. The molecular weight excluding hydrogens is 282 g/mol. The smallest absolute Gasteiger partial charge is 0.108 e. The minimum atomic E-state index is 0.0190. The topological polar surface area (TPSA) is 21.3 Å². The largest absolute Gasteiger partial charge is 0.367 e. The standard InChI is InChI=1S/C21H27NO/c1-4-10-18(11-5-1)21(19-12-6-2-7-13-19)23-17-16-22-20-14-8-3-9-15-20/h1-2,4-7,10-13,20-22H,3,8-9,14-17H2. The predicted octanol–water partition coefficient (Wildman–Crippen LogP) is 4.71. The Morgan fingerprint density at radius 1 is 0.826 bits per heavy atom. The first-order valence-electron chi connectivity index (χ1n) is 8.88. The average Bonchev–Trinajstić information content (AvgIpc) is 2.64. The van der Waals surface area contributed by atoms with Crippen LogP contribution in [0.5, 0.6) is 0 Å². The molecular formula is C21H27NO. The molecule has 122 valence electrons. The molecule has 2 aromatic rings. The first-order valence-corrected chi connectivity index (χ1v) is 8.88. The Bertz CT molecular complexity index is 509. The Hall–Kier alpha value is -1.64. The Labute approximate surface area is 139 Å². The number of benzene rings is 2. The lowest BCUT2D eigenvalue weighted by Gasteiger charge is -2.24. The molecule has 0 radical (unpaired) electrons. The molecule has 1 N–H and O–H groups in total. The van der Waals surface area contributed by atoms with E-state index >= 15 is 0 Å². The Balaban J connectivity index is 1.56. The molecule has 3 rings (SSSR count). The van der Waals surface area contributed by atoms with Crippen LogP contribution in [-0.2, 0) is 4.74 Å². The van der Waals surface area contributed by atoms with Gasteiger partial charge in [-0.3, -0.25) is 0 Å². The highest BCUT2D eigenvalue weighted by Gasteiger charge is 2.15. The molecule has 0 unspecified atom stereocenters. The van der Waals surface area contributed by atoms with Crippen LogP contribution in [0.15, 0.2) is 60.7 Å². The van der Waals surface area contributed by atoms with Gasteiger partial charge in [0.2, 0.25) is 0 Å². The Morgan fingerprint density at radius 3 is 1.96 bits per heavy atom. The molecule has 0 atom stereocenters. The third-order valence-electron chi connectivity index (χ3n) is 4.63. The molecule has 1 saturated carbocycles. The van der Waals surface area contributed by atoms with E-state index in [2.05, 4.69) is 66.0 Å². The zero-order valence-electron chi connectivity index (χ0n) is 13.8. The molecule has 0 spiro atoms. The van der Waals surface area contributed by atoms with Crippen molar-refractivity contribution in [3.8, 4) is 0 Å². The number of nitrogens with one attached hydrogen (secondary N) is 1. The van der Waals surface area contributed by atoms with E-state index in [1.165, 1.54) is 43.2 Å². The molecule has 1 aliphatic carbocycles. The number of hydrogen-bond donors (Lipinski definition) is 1. The summed E-state index contributed by atoms with van der Waals surface area (Å²) in [5.74, 6) is 0. The van der Waals surface area contributed by atoms with Gasteiger partial charge >= 0.3 is 0 Å². The summed E-state index contributed by atoms with van der Waals surface area (Å²) in [4.78, 5) is 0. The van der Waals surface area contributed by atoms with E-state index in [4.69, 9.17) is 4.74 Å². The molecule has 1 fully saturated rings. The minimum absolute atomic E-state index is 0.0190. The summed E-state index contributed by atoms with van der Waals surface area (Å²) in [7, 11) is 0. The van der Waals surface area contributed by atoms with Crippen LogP contribution in [0.4, 0.5) is 0 Å². The maximum atomic E-state index is 6.24. The monoisotopic (exact) mass is 309 g/mol. The highest BCUT2D eigenvalue weighted by atomic mass is 16.5. The van der Waals surface area contributed by atoms with Gasteiger partial charge in [-0.1, -0.05) is 79.9 Å². The van der Waals surface area contributed by atoms with Crippen LogP contribution in [0.25, 0.3) is 0 Å². The summed E-state index contributed by atoms with van der Waals surface area (Å²) in [6.07, 6.45) is 6.80. The fourth-order valence-electron chi connectivity index (χ4n) is 3.39. The highest BCUT2D eigenvalue weighted by molar-refractivity contribution is 5.29. The van der Waals surface area contributed by atoms with Crippen LogP contribution >= 0.6 is 0 Å². The van der Waals surface area contributed by atoms with Gasteiger partial charge < -0.3 is 10.1 Å². The van der Waals surface area contributed by atoms with Crippen molar-refractivity contribution in [2.45, 2.75) is 44.2 Å². The summed E-state index contributed by atoms with van der Waals surface area (Å²) < 4.78 is 6.24. The molecule has 0 aromatic heterocycles. The van der Waals surface area contributed by atoms with Crippen molar-refractivity contribution in [2.24, 2.45) is 0 Å². The molecule has 1 aliphatic rings. The molecule has 2 nitrogen and oxygen atoms in total. The van der Waals surface area contributed by atoms with Gasteiger partial charge in [0.15, 0.2) is 0 Å². The van der Waals surface area contributed by atoms with E-state index in [1.807, 2.05) is 0 Å². The zero-order valence-corrected chi connectivity index (χ0v) is 13.8. The van der Waals surface area contributed by atoms with Crippen LogP contribution in [0.3, 0.4) is 0 Å². The average molecular weight is 309 g/mol. The first-order chi connectivity index (χ1) is 11.4. The van der Waals surface area contributed by atoms with E-state index < -0.39 is 0 Å². The SMILES string of the molecule is c1ccc(C(OCCNC2CCCCC2)c2ccccc2)cc1. The van der Waals surface area contributed by atoms with Gasteiger partial charge in [-0.05, 0) is 24.0 Å². The lowest BCUT2D eigenvalue weighted by Crippen LogP contribution is -2.33. The normalized spacial score (nSPS) is 15.9. The van der Waals surface area contributed by atoms with Gasteiger partial charge in [0.05, 0.1) is 6.61 Å². The molecule has 0 bridgehead atoms. The Kier molecular flexibility index (Phi) is 6.25. The molecule has 0 amide bonds. The van der Waals surface area contributed by atoms with E-state index in [1.54, 1.807) is 0 Å². The van der Waals surface area contributed by atoms with Gasteiger partial charge in [-0.25, -0.2) is 0 Å². The summed E-state index contributed by atoms with van der Waals surface area (Å²) in [5.41, 5.74) is 2.44. The van der Waals surface area contributed by atoms with Crippen molar-refractivity contribution in [1.82, 2.24) is 5.32 Å². The van der Waals surface area contributed by atoms with Crippen molar-refractivity contribution in [2.75, 3.05) is 13.2 Å². The van der Waals surface area contributed by atoms with Gasteiger partial charge in [0, 0.05) is 12.6 Å². The van der Waals surface area contributed by atoms with Crippen molar-refractivity contribution in [1.29, 1.82) is 0 Å². The number of ether oxygens (including phenoxy) is 1. The van der Waals surface area contributed by atoms with Crippen LogP contribution in [0.1, 0.15) is 49.3 Å². The fraction of sp³-hybridized carbons (Fsp3) is 0.429. The van der Waals surface area contributed by atoms with Gasteiger partial charge in [-0.15, -0.1) is 0 Å². The second-order valence-electron chi connectivity index (χ2n) is 6.36. The first kappa shape index (κ1) is 16.2. The minimum Gasteiger partial charge on any atom is -0.367 e. The second kappa shape index (κ2) is 8.85. The van der Waals surface area contributed by atoms with E-state index in [0.29, 0.717) is 6.04 Å². The molecule has 0 heterocycles. The van der Waals surface area contributed by atoms with Crippen LogP contribution in [0.2, 0.25) is 0 Å². The zero-order chi connectivity index (χ0) is 15.7. The lowest BCUT2D eigenvalue weighted by molar-refractivity contribution is 0.0797. The third-order valence-corrected chi connectivity index (χ3v) is 4.63. The van der Waals surface area contributed by atoms with Crippen molar-refractivity contribution >= 4 is 0 Å². The summed E-state index contributed by atoms with van der Waals surface area (Å²) in [6, 6.07) is 21.7. The van der Waals surface area contributed by atoms with Crippen molar-refractivity contribution in [3.63, 3.8) is 0 Å². The molecule has 0 aliphatic heterocycles. The van der Waals surface area contributed by atoms with Crippen LogP contribution in [0, 0.1) is 0 Å². The quantitative estimate of drug-likeness (QED) is 0.748. The van der Waals surface area contributed by atoms with Crippen LogP contribution < -0.4 is 5.32 Å². The molecule has 0 saturated heterocycles. The summed E-state index contributed by atoms with van der Waals surface area (Å²) in [6.45, 7) is 1.67. The number of hydrogen-bond acceptors (Lipinski definition) is 2. The lowest BCUT2D eigenvalue weighted by atomic mass is 9.96. The maximum absolute atomic E-state index is 6.24. The van der Waals surface area contributed by atoms with E-state index in [0.717, 1.165) is 13.2 Å². The van der Waals surface area contributed by atoms with Gasteiger partial charge in [-0.2, -0.15) is 0 Å².